The van der Waals surface area contributed by atoms with Crippen molar-refractivity contribution in [3.63, 3.8) is 0 Å². The van der Waals surface area contributed by atoms with E-state index in [0.29, 0.717) is 24.0 Å². The van der Waals surface area contributed by atoms with Crippen LogP contribution in [0.15, 0.2) is 70.6 Å². The van der Waals surface area contributed by atoms with Crippen molar-refractivity contribution in [3.8, 4) is 11.5 Å². The second kappa shape index (κ2) is 10.4. The third-order valence-electron chi connectivity index (χ3n) is 6.84. The number of hydrazone groups is 1. The summed E-state index contributed by atoms with van der Waals surface area (Å²) in [6, 6.07) is 17.5. The molecule has 36 heavy (non-hydrogen) atoms. The predicted octanol–water partition coefficient (Wildman–Crippen LogP) is 3.34. The van der Waals surface area contributed by atoms with Crippen LogP contribution in [0.4, 0.5) is 0 Å². The summed E-state index contributed by atoms with van der Waals surface area (Å²) in [6.07, 6.45) is 2.73. The van der Waals surface area contributed by atoms with Crippen molar-refractivity contribution in [2.24, 2.45) is 11.0 Å². The van der Waals surface area contributed by atoms with Gasteiger partial charge in [0.25, 0.3) is 11.5 Å². The molecule has 1 amide bonds. The zero-order chi connectivity index (χ0) is 25.1. The first kappa shape index (κ1) is 23.8. The molecule has 0 saturated carbocycles. The van der Waals surface area contributed by atoms with Gasteiger partial charge in [-0.2, -0.15) is 5.10 Å². The number of piperidine rings is 1. The average Bonchev–Trinajstić information content (AvgIpc) is 2.87. The minimum atomic E-state index is -0.350. The summed E-state index contributed by atoms with van der Waals surface area (Å²) in [5, 5.41) is 13.5. The van der Waals surface area contributed by atoms with Crippen molar-refractivity contribution in [1.82, 2.24) is 14.9 Å². The van der Waals surface area contributed by atoms with Crippen LogP contribution in [0.25, 0.3) is 0 Å². The van der Waals surface area contributed by atoms with E-state index >= 15 is 0 Å². The number of hydrogen-bond donors (Lipinski definition) is 2. The molecule has 1 saturated heterocycles. The monoisotopic (exact) mass is 486 g/mol. The van der Waals surface area contributed by atoms with Crippen molar-refractivity contribution in [3.05, 3.63) is 93.4 Å². The van der Waals surface area contributed by atoms with Crippen molar-refractivity contribution in [2.45, 2.75) is 32.4 Å². The van der Waals surface area contributed by atoms with Gasteiger partial charge in [-0.1, -0.05) is 6.07 Å². The van der Waals surface area contributed by atoms with Gasteiger partial charge in [-0.15, -0.1) is 0 Å². The van der Waals surface area contributed by atoms with Crippen LogP contribution >= 0.6 is 0 Å². The van der Waals surface area contributed by atoms with Crippen LogP contribution in [0.2, 0.25) is 0 Å². The molecule has 8 heteroatoms. The molecule has 2 aromatic carbocycles. The number of benzene rings is 2. The molecule has 2 N–H and O–H groups in total. The van der Waals surface area contributed by atoms with Crippen molar-refractivity contribution in [2.75, 3.05) is 19.7 Å². The Balaban J connectivity index is 1.29. The van der Waals surface area contributed by atoms with E-state index in [4.69, 9.17) is 4.74 Å². The minimum Gasteiger partial charge on any atom is -0.508 e. The zero-order valence-corrected chi connectivity index (χ0v) is 20.3. The molecule has 2 atom stereocenters. The quantitative estimate of drug-likeness (QED) is 0.395. The highest BCUT2D eigenvalue weighted by molar-refractivity contribution is 5.95. The molecule has 0 spiro atoms. The Labute approximate surface area is 209 Å². The van der Waals surface area contributed by atoms with E-state index in [1.807, 2.05) is 35.8 Å². The largest absolute Gasteiger partial charge is 0.508 e. The van der Waals surface area contributed by atoms with Crippen LogP contribution in [0, 0.1) is 5.92 Å². The number of carbonyl (C=O) groups excluding carboxylic acids is 1. The van der Waals surface area contributed by atoms with Gasteiger partial charge in [-0.3, -0.25) is 14.5 Å². The highest BCUT2D eigenvalue weighted by Crippen LogP contribution is 2.36. The van der Waals surface area contributed by atoms with Gasteiger partial charge in [0.1, 0.15) is 11.5 Å². The lowest BCUT2D eigenvalue weighted by molar-refractivity contribution is 0.0955. The molecule has 2 aliphatic heterocycles. The van der Waals surface area contributed by atoms with E-state index in [1.165, 1.54) is 24.3 Å². The van der Waals surface area contributed by atoms with Crippen LogP contribution in [0.1, 0.15) is 46.4 Å². The number of rotatable bonds is 7. The van der Waals surface area contributed by atoms with E-state index < -0.39 is 0 Å². The third kappa shape index (κ3) is 5.18. The van der Waals surface area contributed by atoms with Gasteiger partial charge in [0.05, 0.1) is 12.8 Å². The summed E-state index contributed by atoms with van der Waals surface area (Å²) in [6.45, 7) is 5.88. The SMILES string of the molecule is CCOc1ccc(/C=N\NC(=O)c2ccc(O)cc2)cc1CN1C[C@H]2C[C@@H](C1)c1cccc(=O)n1C2. The number of hydrogen-bond acceptors (Lipinski definition) is 6. The molecule has 8 nitrogen and oxygen atoms in total. The van der Waals surface area contributed by atoms with Crippen LogP contribution in [-0.2, 0) is 13.1 Å². The number of nitrogens with zero attached hydrogens (tertiary/aromatic N) is 3. The van der Waals surface area contributed by atoms with Gasteiger partial charge in [-0.25, -0.2) is 5.43 Å². The molecule has 1 aromatic heterocycles. The molecular formula is C28H30N4O4. The fourth-order valence-corrected chi connectivity index (χ4v) is 5.31. The topological polar surface area (TPSA) is 96.2 Å². The van der Waals surface area contributed by atoms with Crippen molar-refractivity contribution in [1.29, 1.82) is 0 Å². The highest BCUT2D eigenvalue weighted by Gasteiger charge is 2.34. The fraction of sp³-hybridized carbons (Fsp3) is 0.321. The molecule has 186 valence electrons. The lowest BCUT2D eigenvalue weighted by Crippen LogP contribution is -2.46. The molecule has 3 aromatic rings. The minimum absolute atomic E-state index is 0.0961. The molecule has 0 radical (unpaired) electrons. The second-order valence-corrected chi connectivity index (χ2v) is 9.44. The number of amides is 1. The van der Waals surface area contributed by atoms with Crippen molar-refractivity contribution >= 4 is 12.1 Å². The number of nitrogens with one attached hydrogen (secondary N) is 1. The normalized spacial score (nSPS) is 19.1. The molecule has 2 aliphatic rings. The second-order valence-electron chi connectivity index (χ2n) is 9.44. The molecular weight excluding hydrogens is 456 g/mol. The highest BCUT2D eigenvalue weighted by atomic mass is 16.5. The Morgan fingerprint density at radius 3 is 2.78 bits per heavy atom. The number of ether oxygens (including phenoxy) is 1. The average molecular weight is 487 g/mol. The number of carbonyl (C=O) groups is 1. The molecule has 0 aliphatic carbocycles. The Kier molecular flexibility index (Phi) is 6.86. The third-order valence-corrected chi connectivity index (χ3v) is 6.84. The van der Waals surface area contributed by atoms with Gasteiger partial charge < -0.3 is 14.4 Å². The molecule has 3 heterocycles. The van der Waals surface area contributed by atoms with Gasteiger partial charge in [0.15, 0.2) is 0 Å². The van der Waals surface area contributed by atoms with Gasteiger partial charge >= 0.3 is 0 Å². The smallest absolute Gasteiger partial charge is 0.271 e. The first-order valence-electron chi connectivity index (χ1n) is 12.3. The Morgan fingerprint density at radius 2 is 1.97 bits per heavy atom. The van der Waals surface area contributed by atoms with E-state index in [-0.39, 0.29) is 17.2 Å². The van der Waals surface area contributed by atoms with Crippen molar-refractivity contribution < 1.29 is 14.6 Å². The Bertz CT molecular complexity index is 1330. The maximum Gasteiger partial charge on any atom is 0.271 e. The summed E-state index contributed by atoms with van der Waals surface area (Å²) in [4.78, 5) is 27.0. The molecule has 5 rings (SSSR count). The summed E-state index contributed by atoms with van der Waals surface area (Å²) >= 11 is 0. The molecule has 0 unspecified atom stereocenters. The maximum atomic E-state index is 12.3. The summed E-state index contributed by atoms with van der Waals surface area (Å²) in [5.74, 6) is 1.40. The van der Waals surface area contributed by atoms with E-state index in [1.54, 1.807) is 12.3 Å². The number of phenols is 1. The Hall–Kier alpha value is -3.91. The number of likely N-dealkylation sites (tertiary alicyclic amines) is 1. The van der Waals surface area contributed by atoms with Gasteiger partial charge in [0, 0.05) is 55.0 Å². The number of aromatic nitrogens is 1. The van der Waals surface area contributed by atoms with E-state index in [9.17, 15) is 14.7 Å². The number of pyridine rings is 1. The standard InChI is InChI=1S/C28H30N4O4/c1-2-36-26-11-6-19(14-29-30-28(35)21-7-9-24(33)10-8-21)12-23(26)18-31-15-20-13-22(17-31)25-4-3-5-27(34)32(25)16-20/h3-12,14,20,22,33H,2,13,15-18H2,1H3,(H,30,35)/b29-14-/t20-,22+/m1/s1. The number of phenolic OH excluding ortho intramolecular Hbond substituents is 1. The Morgan fingerprint density at radius 1 is 1.14 bits per heavy atom. The fourth-order valence-electron chi connectivity index (χ4n) is 5.31. The van der Waals surface area contributed by atoms with Gasteiger partial charge in [-0.05, 0) is 73.4 Å². The summed E-state index contributed by atoms with van der Waals surface area (Å²) in [5.41, 5.74) is 6.10. The maximum absolute atomic E-state index is 12.3. The summed E-state index contributed by atoms with van der Waals surface area (Å²) in [7, 11) is 0. The predicted molar refractivity (Wildman–Crippen MR) is 138 cm³/mol. The lowest BCUT2D eigenvalue weighted by atomic mass is 9.83. The number of aromatic hydroxyl groups is 1. The van der Waals surface area contributed by atoms with Crippen LogP contribution in [0.3, 0.4) is 0 Å². The molecule has 1 fully saturated rings. The zero-order valence-electron chi connectivity index (χ0n) is 20.3. The number of fused-ring (bicyclic) bond motifs is 4. The van der Waals surface area contributed by atoms with Crippen LogP contribution in [-0.4, -0.2) is 46.4 Å². The van der Waals surface area contributed by atoms with E-state index in [2.05, 4.69) is 21.5 Å². The van der Waals surface area contributed by atoms with Gasteiger partial charge in [0.2, 0.25) is 0 Å². The van der Waals surface area contributed by atoms with Crippen LogP contribution < -0.4 is 15.7 Å². The first-order chi connectivity index (χ1) is 17.5. The first-order valence-corrected chi connectivity index (χ1v) is 12.3. The molecule has 2 bridgehead atoms. The lowest BCUT2D eigenvalue weighted by Gasteiger charge is -2.43. The van der Waals surface area contributed by atoms with Crippen LogP contribution in [0.5, 0.6) is 11.5 Å². The van der Waals surface area contributed by atoms with E-state index in [0.717, 1.165) is 55.2 Å². The summed E-state index contributed by atoms with van der Waals surface area (Å²) < 4.78 is 7.85.